The molecule has 2 aromatic carbocycles. The molecule has 0 radical (unpaired) electrons. The Labute approximate surface area is 115 Å². The zero-order valence-electron chi connectivity index (χ0n) is 11.0. The van der Waals surface area contributed by atoms with Gasteiger partial charge in [-0.15, -0.1) is 0 Å². The standard InChI is InChI=1S/C17H12N2O/c1-11-15-17(19-14-10-6-5-9-13(14)18-15)20-16(11)12-7-3-2-4-8-12/h2-10H,1H3. The summed E-state index contributed by atoms with van der Waals surface area (Å²) in [6.45, 7) is 2.03. The lowest BCUT2D eigenvalue weighted by atomic mass is 10.1. The van der Waals surface area contributed by atoms with Crippen LogP contribution in [0.5, 0.6) is 0 Å². The van der Waals surface area contributed by atoms with Crippen molar-refractivity contribution in [2.24, 2.45) is 0 Å². The molecule has 0 aliphatic rings. The second-order valence-electron chi connectivity index (χ2n) is 4.79. The lowest BCUT2D eigenvalue weighted by Gasteiger charge is -1.96. The molecule has 0 fully saturated rings. The number of aryl methyl sites for hydroxylation is 1. The summed E-state index contributed by atoms with van der Waals surface area (Å²) in [7, 11) is 0. The summed E-state index contributed by atoms with van der Waals surface area (Å²) in [5, 5.41) is 0. The molecule has 3 heteroatoms. The molecule has 4 rings (SSSR count). The highest BCUT2D eigenvalue weighted by molar-refractivity contribution is 5.88. The second-order valence-corrected chi connectivity index (χ2v) is 4.79. The van der Waals surface area contributed by atoms with Crippen LogP contribution >= 0.6 is 0 Å². The summed E-state index contributed by atoms with van der Waals surface area (Å²) in [5.74, 6) is 0.843. The van der Waals surface area contributed by atoms with E-state index in [0.717, 1.165) is 33.4 Å². The fraction of sp³-hybridized carbons (Fsp3) is 0.0588. The van der Waals surface area contributed by atoms with Crippen LogP contribution in [0.3, 0.4) is 0 Å². The van der Waals surface area contributed by atoms with Gasteiger partial charge in [-0.1, -0.05) is 42.5 Å². The van der Waals surface area contributed by atoms with Crippen molar-refractivity contribution in [3.63, 3.8) is 0 Å². The molecule has 0 amide bonds. The van der Waals surface area contributed by atoms with E-state index >= 15 is 0 Å². The lowest BCUT2D eigenvalue weighted by molar-refractivity contribution is 0.617. The first-order valence-electron chi connectivity index (χ1n) is 6.54. The van der Waals surface area contributed by atoms with Gasteiger partial charge in [0, 0.05) is 11.1 Å². The first-order valence-corrected chi connectivity index (χ1v) is 6.54. The molecular weight excluding hydrogens is 248 g/mol. The molecule has 3 nitrogen and oxygen atoms in total. The molecule has 2 heterocycles. The average molecular weight is 260 g/mol. The monoisotopic (exact) mass is 260 g/mol. The van der Waals surface area contributed by atoms with Gasteiger partial charge in [0.25, 0.3) is 0 Å². The Morgan fingerprint density at radius 2 is 1.45 bits per heavy atom. The highest BCUT2D eigenvalue weighted by Crippen LogP contribution is 2.31. The summed E-state index contributed by atoms with van der Waals surface area (Å²) >= 11 is 0. The molecule has 0 aliphatic carbocycles. The number of hydrogen-bond donors (Lipinski definition) is 0. The molecule has 4 aromatic rings. The Hall–Kier alpha value is -2.68. The molecular formula is C17H12N2O. The number of benzene rings is 2. The summed E-state index contributed by atoms with van der Waals surface area (Å²) in [5.41, 5.74) is 5.26. The Balaban J connectivity index is 2.05. The van der Waals surface area contributed by atoms with Crippen molar-refractivity contribution in [1.29, 1.82) is 0 Å². The lowest BCUT2D eigenvalue weighted by Crippen LogP contribution is -1.84. The average Bonchev–Trinajstić information content (AvgIpc) is 2.83. The first kappa shape index (κ1) is 11.2. The van der Waals surface area contributed by atoms with Crippen molar-refractivity contribution < 1.29 is 4.42 Å². The van der Waals surface area contributed by atoms with Gasteiger partial charge in [-0.3, -0.25) is 0 Å². The molecule has 0 N–H and O–H groups in total. The van der Waals surface area contributed by atoms with E-state index in [0.29, 0.717) is 5.71 Å². The number of rotatable bonds is 1. The molecule has 0 atom stereocenters. The van der Waals surface area contributed by atoms with Crippen LogP contribution in [-0.2, 0) is 0 Å². The molecule has 0 spiro atoms. The number of nitrogens with zero attached hydrogens (tertiary/aromatic N) is 2. The summed E-state index contributed by atoms with van der Waals surface area (Å²) in [6.07, 6.45) is 0. The molecule has 0 saturated heterocycles. The van der Waals surface area contributed by atoms with Crippen molar-refractivity contribution in [1.82, 2.24) is 9.97 Å². The Bertz CT molecular complexity index is 910. The molecule has 96 valence electrons. The number of furan rings is 1. The van der Waals surface area contributed by atoms with Crippen LogP contribution in [0.2, 0.25) is 0 Å². The zero-order valence-corrected chi connectivity index (χ0v) is 11.0. The van der Waals surface area contributed by atoms with Crippen molar-refractivity contribution in [3.8, 4) is 11.3 Å². The van der Waals surface area contributed by atoms with E-state index in [1.54, 1.807) is 0 Å². The maximum atomic E-state index is 5.92. The van der Waals surface area contributed by atoms with E-state index in [-0.39, 0.29) is 0 Å². The van der Waals surface area contributed by atoms with Crippen LogP contribution in [0, 0.1) is 6.92 Å². The quantitative estimate of drug-likeness (QED) is 0.510. The molecule has 0 aliphatic heterocycles. The Kier molecular flexibility index (Phi) is 2.33. The maximum absolute atomic E-state index is 5.92. The summed E-state index contributed by atoms with van der Waals surface area (Å²) in [6, 6.07) is 17.9. The predicted octanol–water partition coefficient (Wildman–Crippen LogP) is 4.35. The smallest absolute Gasteiger partial charge is 0.246 e. The SMILES string of the molecule is Cc1c(-c2ccccc2)oc2nc3ccccc3nc12. The summed E-state index contributed by atoms with van der Waals surface area (Å²) < 4.78 is 5.92. The number of para-hydroxylation sites is 2. The summed E-state index contributed by atoms with van der Waals surface area (Å²) in [4.78, 5) is 9.22. The van der Waals surface area contributed by atoms with Gasteiger partial charge >= 0.3 is 0 Å². The van der Waals surface area contributed by atoms with E-state index in [9.17, 15) is 0 Å². The minimum Gasteiger partial charge on any atom is -0.436 e. The van der Waals surface area contributed by atoms with Crippen molar-refractivity contribution in [3.05, 3.63) is 60.2 Å². The Morgan fingerprint density at radius 3 is 2.20 bits per heavy atom. The van der Waals surface area contributed by atoms with Gasteiger partial charge < -0.3 is 4.42 Å². The van der Waals surface area contributed by atoms with Crippen LogP contribution in [0.15, 0.2) is 59.0 Å². The van der Waals surface area contributed by atoms with Crippen molar-refractivity contribution in [2.75, 3.05) is 0 Å². The highest BCUT2D eigenvalue weighted by Gasteiger charge is 2.15. The molecule has 0 saturated carbocycles. The third-order valence-corrected chi connectivity index (χ3v) is 3.47. The fourth-order valence-electron chi connectivity index (χ4n) is 2.45. The van der Waals surface area contributed by atoms with Crippen LogP contribution in [-0.4, -0.2) is 9.97 Å². The van der Waals surface area contributed by atoms with Crippen LogP contribution in [0.25, 0.3) is 33.6 Å². The largest absolute Gasteiger partial charge is 0.436 e. The number of aromatic nitrogens is 2. The van der Waals surface area contributed by atoms with E-state index in [1.807, 2.05) is 61.5 Å². The molecule has 0 unspecified atom stereocenters. The fourth-order valence-corrected chi connectivity index (χ4v) is 2.45. The van der Waals surface area contributed by atoms with E-state index in [4.69, 9.17) is 4.42 Å². The van der Waals surface area contributed by atoms with Gasteiger partial charge in [0.05, 0.1) is 11.0 Å². The normalized spacial score (nSPS) is 11.2. The number of hydrogen-bond acceptors (Lipinski definition) is 3. The van der Waals surface area contributed by atoms with Crippen LogP contribution in [0.1, 0.15) is 5.56 Å². The third-order valence-electron chi connectivity index (χ3n) is 3.47. The maximum Gasteiger partial charge on any atom is 0.246 e. The second kappa shape index (κ2) is 4.17. The van der Waals surface area contributed by atoms with E-state index in [1.165, 1.54) is 0 Å². The van der Waals surface area contributed by atoms with Crippen LogP contribution in [0.4, 0.5) is 0 Å². The Morgan fingerprint density at radius 1 is 0.800 bits per heavy atom. The number of fused-ring (bicyclic) bond motifs is 2. The minimum absolute atomic E-state index is 0.597. The van der Waals surface area contributed by atoms with Crippen molar-refractivity contribution >= 4 is 22.3 Å². The minimum atomic E-state index is 0.597. The molecule has 2 aromatic heterocycles. The zero-order chi connectivity index (χ0) is 13.5. The van der Waals surface area contributed by atoms with Crippen molar-refractivity contribution in [2.45, 2.75) is 6.92 Å². The van der Waals surface area contributed by atoms with Gasteiger partial charge in [-0.25, -0.2) is 9.97 Å². The van der Waals surface area contributed by atoms with Gasteiger partial charge in [-0.05, 0) is 19.1 Å². The van der Waals surface area contributed by atoms with Gasteiger partial charge in [0.2, 0.25) is 5.71 Å². The van der Waals surface area contributed by atoms with E-state index in [2.05, 4.69) is 9.97 Å². The van der Waals surface area contributed by atoms with E-state index < -0.39 is 0 Å². The van der Waals surface area contributed by atoms with Gasteiger partial charge in [0.1, 0.15) is 11.3 Å². The highest BCUT2D eigenvalue weighted by atomic mass is 16.3. The van der Waals surface area contributed by atoms with Crippen LogP contribution < -0.4 is 0 Å². The molecule has 20 heavy (non-hydrogen) atoms. The molecule has 0 bridgehead atoms. The van der Waals surface area contributed by atoms with Gasteiger partial charge in [0.15, 0.2) is 0 Å². The third kappa shape index (κ3) is 1.60. The first-order chi connectivity index (χ1) is 9.83. The topological polar surface area (TPSA) is 38.9 Å². The van der Waals surface area contributed by atoms with Gasteiger partial charge in [-0.2, -0.15) is 0 Å². The predicted molar refractivity (Wildman–Crippen MR) is 79.5 cm³/mol.